The van der Waals surface area contributed by atoms with Crippen LogP contribution in [0, 0.1) is 0 Å². The number of carbonyl (C=O) groups is 1. The minimum Gasteiger partial charge on any atom is -0.349 e. The summed E-state index contributed by atoms with van der Waals surface area (Å²) in [6.07, 6.45) is 2.50. The van der Waals surface area contributed by atoms with E-state index in [1.54, 1.807) is 12.1 Å². The lowest BCUT2D eigenvalue weighted by Crippen LogP contribution is -2.34. The molecule has 0 radical (unpaired) electrons. The van der Waals surface area contributed by atoms with E-state index in [9.17, 15) is 4.79 Å². The van der Waals surface area contributed by atoms with Gasteiger partial charge >= 0.3 is 0 Å². The van der Waals surface area contributed by atoms with E-state index in [4.69, 9.17) is 17.4 Å². The number of likely N-dealkylation sites (N-methyl/N-ethyl adjacent to an activating group) is 1. The topological polar surface area (TPSA) is 83.3 Å². The average molecular weight is 284 g/mol. The molecule has 0 spiro atoms. The molecule has 0 aromatic carbocycles. The molecule has 1 heterocycles. The Balaban J connectivity index is 1.88. The highest BCUT2D eigenvalue weighted by atomic mass is 35.5. The van der Waals surface area contributed by atoms with Gasteiger partial charge in [0.1, 0.15) is 11.5 Å². The predicted octanol–water partition coefficient (Wildman–Crippen LogP) is 0.845. The molecule has 19 heavy (non-hydrogen) atoms. The van der Waals surface area contributed by atoms with Crippen LogP contribution in [0.5, 0.6) is 0 Å². The molecule has 104 valence electrons. The monoisotopic (exact) mass is 283 g/mol. The number of anilines is 1. The first kappa shape index (κ1) is 14.0. The number of nitrogens with zero attached hydrogens (tertiary/aromatic N) is 2. The quantitative estimate of drug-likeness (QED) is 0.532. The van der Waals surface area contributed by atoms with E-state index in [2.05, 4.69) is 27.7 Å². The number of hydrazine groups is 1. The molecule has 1 aliphatic rings. The molecule has 0 bridgehead atoms. The molecule has 2 rings (SSSR count). The summed E-state index contributed by atoms with van der Waals surface area (Å²) in [5.41, 5.74) is 2.58. The molecule has 6 nitrogen and oxygen atoms in total. The second-order valence-corrected chi connectivity index (χ2v) is 5.05. The number of nitrogens with one attached hydrogen (secondary N) is 2. The Morgan fingerprint density at radius 3 is 2.95 bits per heavy atom. The van der Waals surface area contributed by atoms with Crippen LogP contribution < -0.4 is 16.6 Å². The number of hydrogen-bond acceptors (Lipinski definition) is 5. The first-order chi connectivity index (χ1) is 9.11. The Hall–Kier alpha value is -1.37. The third kappa shape index (κ3) is 3.79. The highest BCUT2D eigenvalue weighted by Crippen LogP contribution is 2.24. The van der Waals surface area contributed by atoms with Crippen molar-refractivity contribution < 1.29 is 4.79 Å². The number of pyridine rings is 1. The van der Waals surface area contributed by atoms with Crippen molar-refractivity contribution in [2.75, 3.05) is 25.6 Å². The molecule has 0 aliphatic heterocycles. The van der Waals surface area contributed by atoms with Crippen molar-refractivity contribution >= 4 is 23.3 Å². The Kier molecular flexibility index (Phi) is 4.57. The molecule has 4 N–H and O–H groups in total. The number of rotatable bonds is 6. The van der Waals surface area contributed by atoms with Crippen molar-refractivity contribution in [2.45, 2.75) is 18.9 Å². The maximum Gasteiger partial charge on any atom is 0.271 e. The van der Waals surface area contributed by atoms with Crippen LogP contribution in [0.15, 0.2) is 12.1 Å². The summed E-state index contributed by atoms with van der Waals surface area (Å²) >= 11 is 5.95. The molecule has 1 aromatic heterocycles. The van der Waals surface area contributed by atoms with E-state index in [1.807, 2.05) is 0 Å². The Bertz CT molecular complexity index is 463. The molecule has 1 amide bonds. The zero-order chi connectivity index (χ0) is 13.8. The smallest absolute Gasteiger partial charge is 0.271 e. The van der Waals surface area contributed by atoms with Gasteiger partial charge in [-0.2, -0.15) is 0 Å². The molecular formula is C12H18ClN5O. The van der Waals surface area contributed by atoms with E-state index in [0.29, 0.717) is 23.4 Å². The first-order valence-corrected chi connectivity index (χ1v) is 6.61. The first-order valence-electron chi connectivity index (χ1n) is 6.23. The third-order valence-electron chi connectivity index (χ3n) is 3.13. The van der Waals surface area contributed by atoms with Gasteiger partial charge in [-0.25, -0.2) is 10.8 Å². The summed E-state index contributed by atoms with van der Waals surface area (Å²) in [7, 11) is 2.06. The van der Waals surface area contributed by atoms with Gasteiger partial charge in [0.05, 0.1) is 5.02 Å². The average Bonchev–Trinajstić information content (AvgIpc) is 3.23. The van der Waals surface area contributed by atoms with Gasteiger partial charge in [0, 0.05) is 19.1 Å². The standard InChI is InChI=1S/C12H18ClN5O/c1-18(8-2-3-8)7-6-15-12(19)11-9(13)4-5-10(16-11)17-14/h4-5,8H,2-3,6-7,14H2,1H3,(H,15,19)(H,16,17). The number of carbonyl (C=O) groups excluding carboxylic acids is 1. The normalized spacial score (nSPS) is 14.5. The summed E-state index contributed by atoms with van der Waals surface area (Å²) < 4.78 is 0. The number of nitrogen functional groups attached to an aromatic ring is 1. The van der Waals surface area contributed by atoms with Gasteiger partial charge in [-0.05, 0) is 32.0 Å². The zero-order valence-electron chi connectivity index (χ0n) is 10.8. The molecule has 0 unspecified atom stereocenters. The molecule has 1 saturated carbocycles. The fourth-order valence-corrected chi connectivity index (χ4v) is 2.00. The predicted molar refractivity (Wildman–Crippen MR) is 75.0 cm³/mol. The van der Waals surface area contributed by atoms with Gasteiger partial charge in [0.15, 0.2) is 0 Å². The number of aromatic nitrogens is 1. The van der Waals surface area contributed by atoms with Crippen molar-refractivity contribution in [3.63, 3.8) is 0 Å². The summed E-state index contributed by atoms with van der Waals surface area (Å²) in [5, 5.41) is 3.12. The van der Waals surface area contributed by atoms with Crippen LogP contribution in [0.1, 0.15) is 23.3 Å². The fourth-order valence-electron chi connectivity index (χ4n) is 1.81. The van der Waals surface area contributed by atoms with E-state index < -0.39 is 0 Å². The zero-order valence-corrected chi connectivity index (χ0v) is 11.6. The second kappa shape index (κ2) is 6.18. The number of halogens is 1. The van der Waals surface area contributed by atoms with Crippen LogP contribution in [0.4, 0.5) is 5.82 Å². The van der Waals surface area contributed by atoms with Gasteiger partial charge in [0.25, 0.3) is 5.91 Å². The van der Waals surface area contributed by atoms with Crippen LogP contribution in [0.3, 0.4) is 0 Å². The van der Waals surface area contributed by atoms with Gasteiger partial charge in [0.2, 0.25) is 0 Å². The Morgan fingerprint density at radius 2 is 2.32 bits per heavy atom. The minimum atomic E-state index is -0.286. The minimum absolute atomic E-state index is 0.186. The molecule has 0 saturated heterocycles. The van der Waals surface area contributed by atoms with Gasteiger partial charge in [-0.3, -0.25) is 4.79 Å². The van der Waals surface area contributed by atoms with Gasteiger partial charge in [-0.1, -0.05) is 11.6 Å². The Labute approximate surface area is 117 Å². The number of hydrogen-bond donors (Lipinski definition) is 3. The van der Waals surface area contributed by atoms with Crippen LogP contribution in [0.2, 0.25) is 5.02 Å². The lowest BCUT2D eigenvalue weighted by Gasteiger charge is -2.15. The van der Waals surface area contributed by atoms with Crippen molar-refractivity contribution in [3.05, 3.63) is 22.8 Å². The van der Waals surface area contributed by atoms with E-state index in [-0.39, 0.29) is 11.6 Å². The molecule has 1 aromatic rings. The summed E-state index contributed by atoms with van der Waals surface area (Å²) in [6, 6.07) is 3.89. The third-order valence-corrected chi connectivity index (χ3v) is 3.43. The molecular weight excluding hydrogens is 266 g/mol. The number of nitrogens with two attached hydrogens (primary N) is 1. The van der Waals surface area contributed by atoms with Crippen LogP contribution in [0.25, 0.3) is 0 Å². The lowest BCUT2D eigenvalue weighted by atomic mass is 10.3. The van der Waals surface area contributed by atoms with E-state index in [1.165, 1.54) is 12.8 Å². The van der Waals surface area contributed by atoms with Crippen LogP contribution in [-0.2, 0) is 0 Å². The van der Waals surface area contributed by atoms with Gasteiger partial charge in [-0.15, -0.1) is 0 Å². The maximum atomic E-state index is 12.0. The van der Waals surface area contributed by atoms with E-state index >= 15 is 0 Å². The van der Waals surface area contributed by atoms with Crippen molar-refractivity contribution in [3.8, 4) is 0 Å². The van der Waals surface area contributed by atoms with Crippen LogP contribution in [-0.4, -0.2) is 42.0 Å². The molecule has 1 fully saturated rings. The van der Waals surface area contributed by atoms with Crippen molar-refractivity contribution in [1.82, 2.24) is 15.2 Å². The SMILES string of the molecule is CN(CCNC(=O)c1nc(NN)ccc1Cl)C1CC1. The fraction of sp³-hybridized carbons (Fsp3) is 0.500. The van der Waals surface area contributed by atoms with Crippen molar-refractivity contribution in [1.29, 1.82) is 0 Å². The molecule has 1 aliphatic carbocycles. The lowest BCUT2D eigenvalue weighted by molar-refractivity contribution is 0.0945. The highest BCUT2D eigenvalue weighted by Gasteiger charge is 2.25. The molecule has 0 atom stereocenters. The van der Waals surface area contributed by atoms with Crippen molar-refractivity contribution in [2.24, 2.45) is 5.84 Å². The summed E-state index contributed by atoms with van der Waals surface area (Å²) in [4.78, 5) is 18.2. The van der Waals surface area contributed by atoms with E-state index in [0.717, 1.165) is 6.54 Å². The van der Waals surface area contributed by atoms with Crippen LogP contribution >= 0.6 is 11.6 Å². The number of amides is 1. The Morgan fingerprint density at radius 1 is 1.58 bits per heavy atom. The highest BCUT2D eigenvalue weighted by molar-refractivity contribution is 6.33. The largest absolute Gasteiger partial charge is 0.349 e. The summed E-state index contributed by atoms with van der Waals surface area (Å²) in [5.74, 6) is 5.38. The second-order valence-electron chi connectivity index (χ2n) is 4.64. The molecule has 7 heteroatoms. The van der Waals surface area contributed by atoms with Gasteiger partial charge < -0.3 is 15.6 Å². The summed E-state index contributed by atoms with van der Waals surface area (Å²) in [6.45, 7) is 1.40. The maximum absolute atomic E-state index is 12.0.